The number of aromatic hydroxyl groups is 4. The molecule has 264 valence electrons. The van der Waals surface area contributed by atoms with E-state index in [9.17, 15) is 20.4 Å². The minimum absolute atomic E-state index is 0.0194. The molecule has 2 aromatic rings. The number of benzene rings is 2. The average molecular weight is 787 g/mol. The molecule has 4 atom stereocenters. The SMILES string of the molecule is C=C(C)[C@@H]1CCC(C)=C[C@H]1c1c(O)c(Br)c(CCCCC)c(Br)c1O.C=C(C)[C@@H]1CCC(C)=C[C@H]1c1c(O)cc(CCCCC)cc1O. The van der Waals surface area contributed by atoms with Crippen LogP contribution in [-0.2, 0) is 12.8 Å². The number of hydrogen-bond donors (Lipinski definition) is 4. The zero-order chi connectivity index (χ0) is 35.7. The average Bonchev–Trinajstić information content (AvgIpc) is 3.02. The van der Waals surface area contributed by atoms with Crippen LogP contribution >= 0.6 is 31.9 Å². The van der Waals surface area contributed by atoms with Gasteiger partial charge in [0.25, 0.3) is 0 Å². The fourth-order valence-electron chi connectivity index (χ4n) is 7.37. The molecular weight excluding hydrogens is 728 g/mol. The Balaban J connectivity index is 0.000000261. The first kappa shape index (κ1) is 40.0. The van der Waals surface area contributed by atoms with E-state index in [0.29, 0.717) is 20.1 Å². The molecule has 0 aliphatic heterocycles. The first-order valence-electron chi connectivity index (χ1n) is 17.8. The van der Waals surface area contributed by atoms with Crippen LogP contribution < -0.4 is 0 Å². The highest BCUT2D eigenvalue weighted by molar-refractivity contribution is 9.11. The molecule has 6 heteroatoms. The molecule has 0 radical (unpaired) electrons. The molecule has 0 unspecified atom stereocenters. The molecule has 0 saturated heterocycles. The minimum Gasteiger partial charge on any atom is -0.507 e. The molecular formula is C42H58Br2O4. The van der Waals surface area contributed by atoms with Gasteiger partial charge >= 0.3 is 0 Å². The number of rotatable bonds is 12. The van der Waals surface area contributed by atoms with Crippen molar-refractivity contribution >= 4 is 31.9 Å². The van der Waals surface area contributed by atoms with Gasteiger partial charge in [-0.05, 0) is 146 Å². The first-order valence-corrected chi connectivity index (χ1v) is 19.4. The normalized spacial score (nSPS) is 20.8. The lowest BCUT2D eigenvalue weighted by molar-refractivity contribution is 0.402. The Labute approximate surface area is 307 Å². The van der Waals surface area contributed by atoms with Crippen molar-refractivity contribution in [3.8, 4) is 23.0 Å². The molecule has 0 aromatic heterocycles. The summed E-state index contributed by atoms with van der Waals surface area (Å²) in [6.45, 7) is 20.9. The fraction of sp³-hybridized carbons (Fsp3) is 0.524. The number of phenolic OH excluding ortho intramolecular Hbond substituents is 4. The summed E-state index contributed by atoms with van der Waals surface area (Å²) in [4.78, 5) is 0. The lowest BCUT2D eigenvalue weighted by Gasteiger charge is -2.32. The zero-order valence-electron chi connectivity index (χ0n) is 30.1. The maximum atomic E-state index is 10.9. The van der Waals surface area contributed by atoms with Gasteiger partial charge in [-0.1, -0.05) is 87.1 Å². The Morgan fingerprint density at radius 3 is 1.52 bits per heavy atom. The van der Waals surface area contributed by atoms with Gasteiger partial charge in [0.05, 0.1) is 8.95 Å². The highest BCUT2D eigenvalue weighted by atomic mass is 79.9. The maximum absolute atomic E-state index is 10.9. The van der Waals surface area contributed by atoms with E-state index in [0.717, 1.165) is 86.5 Å². The van der Waals surface area contributed by atoms with Crippen LogP contribution in [0.5, 0.6) is 23.0 Å². The Morgan fingerprint density at radius 2 is 1.10 bits per heavy atom. The maximum Gasteiger partial charge on any atom is 0.137 e. The van der Waals surface area contributed by atoms with Crippen molar-refractivity contribution < 1.29 is 20.4 Å². The Kier molecular flexibility index (Phi) is 15.4. The number of hydrogen-bond acceptors (Lipinski definition) is 4. The van der Waals surface area contributed by atoms with Gasteiger partial charge in [0.15, 0.2) is 0 Å². The Hall–Kier alpha value is -2.44. The molecule has 0 amide bonds. The van der Waals surface area contributed by atoms with Gasteiger partial charge in [-0.3, -0.25) is 0 Å². The molecule has 4 rings (SSSR count). The third-order valence-electron chi connectivity index (χ3n) is 10.2. The summed E-state index contributed by atoms with van der Waals surface area (Å²) in [5, 5.41) is 42.9. The molecule has 0 saturated carbocycles. The first-order chi connectivity index (χ1) is 22.7. The summed E-state index contributed by atoms with van der Waals surface area (Å²) in [5.41, 5.74) is 8.03. The van der Waals surface area contributed by atoms with Gasteiger partial charge in [0, 0.05) is 23.0 Å². The van der Waals surface area contributed by atoms with E-state index in [4.69, 9.17) is 0 Å². The highest BCUT2D eigenvalue weighted by Gasteiger charge is 2.33. The van der Waals surface area contributed by atoms with Gasteiger partial charge < -0.3 is 20.4 Å². The van der Waals surface area contributed by atoms with Crippen molar-refractivity contribution in [3.05, 3.63) is 90.9 Å². The van der Waals surface area contributed by atoms with E-state index in [2.05, 4.69) is 84.9 Å². The van der Waals surface area contributed by atoms with Crippen LogP contribution in [0.15, 0.2) is 68.7 Å². The molecule has 2 aromatic carbocycles. The smallest absolute Gasteiger partial charge is 0.137 e. The van der Waals surface area contributed by atoms with Crippen molar-refractivity contribution in [1.29, 1.82) is 0 Å². The summed E-state index contributed by atoms with van der Waals surface area (Å²) >= 11 is 7.15. The third kappa shape index (κ3) is 9.84. The number of allylic oxidation sites excluding steroid dienone is 6. The molecule has 2 aliphatic rings. The Bertz CT molecular complexity index is 1470. The van der Waals surface area contributed by atoms with Crippen LogP contribution in [-0.4, -0.2) is 20.4 Å². The second-order valence-electron chi connectivity index (χ2n) is 14.2. The van der Waals surface area contributed by atoms with Crippen molar-refractivity contribution in [1.82, 2.24) is 0 Å². The quantitative estimate of drug-likeness (QED) is 0.128. The standard InChI is InChI=1S/C21H28Br2O2.C21H30O2/c1-5-6-7-8-15-18(22)20(24)17(21(25)19(15)23)16-11-13(4)9-10-14(16)12(2)3;1-5-6-7-8-16-12-19(22)21(20(23)13-16)18-11-15(4)9-10-17(18)14(2)3/h11,14,16,24-25H,2,5-10H2,1,3-4H3;11-13,17-18,22-23H,2,5-10H2,1,3-4H3/t14-,16+;17-,18+/m00/s1. The second kappa shape index (κ2) is 18.5. The number of halogens is 2. The lowest BCUT2D eigenvalue weighted by atomic mass is 9.73. The lowest BCUT2D eigenvalue weighted by Crippen LogP contribution is -2.17. The summed E-state index contributed by atoms with van der Waals surface area (Å²) in [6.07, 6.45) is 16.9. The molecule has 0 fully saturated rings. The van der Waals surface area contributed by atoms with Crippen LogP contribution in [0, 0.1) is 11.8 Å². The van der Waals surface area contributed by atoms with E-state index in [-0.39, 0.29) is 46.7 Å². The molecule has 0 heterocycles. The van der Waals surface area contributed by atoms with Gasteiger partial charge in [-0.25, -0.2) is 0 Å². The summed E-state index contributed by atoms with van der Waals surface area (Å²) in [6, 6.07) is 3.66. The monoisotopic (exact) mass is 784 g/mol. The van der Waals surface area contributed by atoms with Crippen LogP contribution in [0.2, 0.25) is 0 Å². The second-order valence-corrected chi connectivity index (χ2v) is 15.8. The van der Waals surface area contributed by atoms with Crippen LogP contribution in [0.25, 0.3) is 0 Å². The molecule has 4 N–H and O–H groups in total. The van der Waals surface area contributed by atoms with E-state index in [1.54, 1.807) is 0 Å². The van der Waals surface area contributed by atoms with Crippen LogP contribution in [0.1, 0.15) is 140 Å². The van der Waals surface area contributed by atoms with E-state index in [1.165, 1.54) is 24.0 Å². The predicted octanol–water partition coefficient (Wildman–Crippen LogP) is 13.2. The zero-order valence-corrected chi connectivity index (χ0v) is 33.2. The van der Waals surface area contributed by atoms with E-state index in [1.807, 2.05) is 26.0 Å². The van der Waals surface area contributed by atoms with Gasteiger partial charge in [-0.15, -0.1) is 0 Å². The van der Waals surface area contributed by atoms with Crippen molar-refractivity contribution in [2.75, 3.05) is 0 Å². The Morgan fingerprint density at radius 1 is 0.688 bits per heavy atom. The summed E-state index contributed by atoms with van der Waals surface area (Å²) in [7, 11) is 0. The third-order valence-corrected chi connectivity index (χ3v) is 11.9. The van der Waals surface area contributed by atoms with E-state index >= 15 is 0 Å². The molecule has 2 aliphatic carbocycles. The van der Waals surface area contributed by atoms with Crippen molar-refractivity contribution in [2.24, 2.45) is 11.8 Å². The number of aryl methyl sites for hydroxylation is 1. The molecule has 48 heavy (non-hydrogen) atoms. The summed E-state index contributed by atoms with van der Waals surface area (Å²) < 4.78 is 1.39. The largest absolute Gasteiger partial charge is 0.507 e. The molecule has 0 spiro atoms. The van der Waals surface area contributed by atoms with Gasteiger partial charge in [-0.2, -0.15) is 0 Å². The highest BCUT2D eigenvalue weighted by Crippen LogP contribution is 2.52. The fourth-order valence-corrected chi connectivity index (χ4v) is 8.86. The number of unbranched alkanes of at least 4 members (excludes halogenated alkanes) is 4. The topological polar surface area (TPSA) is 80.9 Å². The van der Waals surface area contributed by atoms with E-state index < -0.39 is 0 Å². The molecule has 0 bridgehead atoms. The van der Waals surface area contributed by atoms with Gasteiger partial charge in [0.1, 0.15) is 23.0 Å². The van der Waals surface area contributed by atoms with Crippen molar-refractivity contribution in [3.63, 3.8) is 0 Å². The predicted molar refractivity (Wildman–Crippen MR) is 209 cm³/mol. The number of phenols is 4. The van der Waals surface area contributed by atoms with Crippen molar-refractivity contribution in [2.45, 2.75) is 130 Å². The van der Waals surface area contributed by atoms with Crippen LogP contribution in [0.3, 0.4) is 0 Å². The minimum atomic E-state index is -0.0523. The molecule has 4 nitrogen and oxygen atoms in total. The summed E-state index contributed by atoms with van der Waals surface area (Å²) in [5.74, 6) is 1.24. The van der Waals surface area contributed by atoms with Crippen LogP contribution in [0.4, 0.5) is 0 Å². The van der Waals surface area contributed by atoms with Gasteiger partial charge in [0.2, 0.25) is 0 Å².